The van der Waals surface area contributed by atoms with Crippen LogP contribution < -0.4 is 5.43 Å². The Balaban J connectivity index is 1.82. The van der Waals surface area contributed by atoms with Crippen LogP contribution in [0.2, 0.25) is 0 Å². The quantitative estimate of drug-likeness (QED) is 0.466. The Hall–Kier alpha value is -2.67. The summed E-state index contributed by atoms with van der Waals surface area (Å²) in [5.74, 6) is 0.838. The SMILES string of the molecule is Cc1ccccc1CSCC(=O)N/N=C/c1ccc(C)c([N+](=O)[O-])c1. The molecule has 1 amide bonds. The van der Waals surface area contributed by atoms with Crippen molar-refractivity contribution < 1.29 is 9.72 Å². The van der Waals surface area contributed by atoms with E-state index in [1.54, 1.807) is 19.1 Å². The van der Waals surface area contributed by atoms with Crippen molar-refractivity contribution in [3.05, 3.63) is 74.8 Å². The van der Waals surface area contributed by atoms with Crippen molar-refractivity contribution in [1.29, 1.82) is 0 Å². The molecule has 25 heavy (non-hydrogen) atoms. The van der Waals surface area contributed by atoms with Crippen molar-refractivity contribution in [3.8, 4) is 0 Å². The van der Waals surface area contributed by atoms with E-state index in [0.29, 0.717) is 16.9 Å². The molecule has 1 N–H and O–H groups in total. The van der Waals surface area contributed by atoms with Gasteiger partial charge in [0.15, 0.2) is 0 Å². The second-order valence-electron chi connectivity index (χ2n) is 5.52. The van der Waals surface area contributed by atoms with Crippen LogP contribution in [0.5, 0.6) is 0 Å². The highest BCUT2D eigenvalue weighted by molar-refractivity contribution is 7.99. The lowest BCUT2D eigenvalue weighted by Crippen LogP contribution is -2.19. The maximum atomic E-state index is 11.8. The van der Waals surface area contributed by atoms with Crippen LogP contribution in [-0.4, -0.2) is 22.8 Å². The van der Waals surface area contributed by atoms with Gasteiger partial charge in [-0.3, -0.25) is 14.9 Å². The van der Waals surface area contributed by atoms with Gasteiger partial charge in [0.25, 0.3) is 5.69 Å². The highest BCUT2D eigenvalue weighted by Crippen LogP contribution is 2.18. The fourth-order valence-electron chi connectivity index (χ4n) is 2.14. The molecule has 0 fully saturated rings. The molecule has 0 bridgehead atoms. The Morgan fingerprint density at radius 2 is 2.00 bits per heavy atom. The number of rotatable bonds is 7. The monoisotopic (exact) mass is 357 g/mol. The minimum Gasteiger partial charge on any atom is -0.272 e. The number of carbonyl (C=O) groups is 1. The number of hydrogen-bond donors (Lipinski definition) is 1. The molecule has 2 rings (SSSR count). The first kappa shape index (κ1) is 18.7. The van der Waals surface area contributed by atoms with E-state index >= 15 is 0 Å². The van der Waals surface area contributed by atoms with Crippen LogP contribution in [0.3, 0.4) is 0 Å². The van der Waals surface area contributed by atoms with E-state index in [0.717, 1.165) is 5.75 Å². The summed E-state index contributed by atoms with van der Waals surface area (Å²) in [6.45, 7) is 3.72. The standard InChI is InChI=1S/C18H19N3O3S/c1-13-5-3-4-6-16(13)11-25-12-18(22)20-19-10-15-8-7-14(2)17(9-15)21(23)24/h3-10H,11-12H2,1-2H3,(H,20,22)/b19-10+. The Kier molecular flexibility index (Phi) is 6.71. The third kappa shape index (κ3) is 5.72. The summed E-state index contributed by atoms with van der Waals surface area (Å²) in [6.07, 6.45) is 1.40. The molecule has 2 aromatic carbocycles. The first-order valence-electron chi connectivity index (χ1n) is 7.66. The minimum atomic E-state index is -0.437. The highest BCUT2D eigenvalue weighted by atomic mass is 32.2. The molecule has 0 spiro atoms. The molecule has 0 aliphatic heterocycles. The van der Waals surface area contributed by atoms with Gasteiger partial charge in [-0.1, -0.05) is 36.4 Å². The molecular weight excluding hydrogens is 338 g/mol. The molecule has 130 valence electrons. The molecule has 0 aromatic heterocycles. The Morgan fingerprint density at radius 3 is 2.72 bits per heavy atom. The molecule has 0 saturated heterocycles. The van der Waals surface area contributed by atoms with Gasteiger partial charge < -0.3 is 0 Å². The molecule has 0 unspecified atom stereocenters. The van der Waals surface area contributed by atoms with Crippen LogP contribution in [-0.2, 0) is 10.5 Å². The zero-order valence-corrected chi connectivity index (χ0v) is 14.9. The smallest absolute Gasteiger partial charge is 0.272 e. The van der Waals surface area contributed by atoms with Gasteiger partial charge >= 0.3 is 0 Å². The molecule has 7 heteroatoms. The Morgan fingerprint density at radius 1 is 1.24 bits per heavy atom. The van der Waals surface area contributed by atoms with E-state index in [1.807, 2.05) is 31.2 Å². The van der Waals surface area contributed by atoms with Gasteiger partial charge in [0.05, 0.1) is 16.9 Å². The number of hydrazone groups is 1. The molecule has 6 nitrogen and oxygen atoms in total. The summed E-state index contributed by atoms with van der Waals surface area (Å²) in [7, 11) is 0. The number of nitro groups is 1. The topological polar surface area (TPSA) is 84.6 Å². The molecule has 0 atom stereocenters. The average molecular weight is 357 g/mol. The maximum Gasteiger partial charge on any atom is 0.272 e. The van der Waals surface area contributed by atoms with E-state index in [-0.39, 0.29) is 11.6 Å². The van der Waals surface area contributed by atoms with Crippen LogP contribution in [0.1, 0.15) is 22.3 Å². The fourth-order valence-corrected chi connectivity index (χ4v) is 3.04. The number of benzene rings is 2. The number of aryl methyl sites for hydroxylation is 2. The molecule has 0 radical (unpaired) electrons. The normalized spacial score (nSPS) is 10.8. The molecule has 0 aliphatic carbocycles. The van der Waals surface area contributed by atoms with Gasteiger partial charge in [-0.15, -0.1) is 11.8 Å². The highest BCUT2D eigenvalue weighted by Gasteiger charge is 2.10. The van der Waals surface area contributed by atoms with Gasteiger partial charge in [-0.05, 0) is 25.0 Å². The van der Waals surface area contributed by atoms with E-state index in [4.69, 9.17) is 0 Å². The Labute approximate surface area is 150 Å². The average Bonchev–Trinajstić information content (AvgIpc) is 2.58. The van der Waals surface area contributed by atoms with E-state index in [9.17, 15) is 14.9 Å². The van der Waals surface area contributed by atoms with Crippen molar-refractivity contribution in [2.24, 2.45) is 5.10 Å². The van der Waals surface area contributed by atoms with Crippen LogP contribution in [0.4, 0.5) is 5.69 Å². The van der Waals surface area contributed by atoms with Crippen molar-refractivity contribution in [2.75, 3.05) is 5.75 Å². The summed E-state index contributed by atoms with van der Waals surface area (Å²) < 4.78 is 0. The third-order valence-corrected chi connectivity index (χ3v) is 4.57. The molecule has 0 saturated carbocycles. The van der Waals surface area contributed by atoms with Crippen molar-refractivity contribution in [1.82, 2.24) is 5.43 Å². The van der Waals surface area contributed by atoms with Gasteiger partial charge in [0.1, 0.15) is 0 Å². The summed E-state index contributed by atoms with van der Waals surface area (Å²) in [5.41, 5.74) is 6.02. The van der Waals surface area contributed by atoms with E-state index in [2.05, 4.69) is 10.5 Å². The summed E-state index contributed by atoms with van der Waals surface area (Å²) in [4.78, 5) is 22.3. The lowest BCUT2D eigenvalue weighted by molar-refractivity contribution is -0.385. The predicted molar refractivity (Wildman–Crippen MR) is 101 cm³/mol. The van der Waals surface area contributed by atoms with Crippen molar-refractivity contribution in [3.63, 3.8) is 0 Å². The summed E-state index contributed by atoms with van der Waals surface area (Å²) in [6, 6.07) is 12.8. The molecule has 2 aromatic rings. The second-order valence-corrected chi connectivity index (χ2v) is 6.50. The number of nitrogens with zero attached hydrogens (tertiary/aromatic N) is 2. The molecule has 0 aliphatic rings. The number of hydrogen-bond acceptors (Lipinski definition) is 5. The lowest BCUT2D eigenvalue weighted by Gasteiger charge is -2.04. The van der Waals surface area contributed by atoms with Crippen molar-refractivity contribution in [2.45, 2.75) is 19.6 Å². The van der Waals surface area contributed by atoms with Gasteiger partial charge in [-0.25, -0.2) is 5.43 Å². The van der Waals surface area contributed by atoms with Crippen LogP contribution in [0.25, 0.3) is 0 Å². The summed E-state index contributed by atoms with van der Waals surface area (Å²) in [5, 5.41) is 14.8. The zero-order valence-electron chi connectivity index (χ0n) is 14.1. The number of carbonyl (C=O) groups excluding carboxylic acids is 1. The first-order chi connectivity index (χ1) is 12.0. The predicted octanol–water partition coefficient (Wildman–Crippen LogP) is 3.60. The second kappa shape index (κ2) is 8.98. The van der Waals surface area contributed by atoms with Crippen LogP contribution in [0.15, 0.2) is 47.6 Å². The molecular formula is C18H19N3O3S. The van der Waals surface area contributed by atoms with Crippen LogP contribution in [0, 0.1) is 24.0 Å². The van der Waals surface area contributed by atoms with Gasteiger partial charge in [0, 0.05) is 22.9 Å². The Bertz CT molecular complexity index is 806. The van der Waals surface area contributed by atoms with E-state index in [1.165, 1.54) is 35.2 Å². The fraction of sp³-hybridized carbons (Fsp3) is 0.222. The number of amides is 1. The zero-order chi connectivity index (χ0) is 18.2. The third-order valence-electron chi connectivity index (χ3n) is 3.58. The van der Waals surface area contributed by atoms with Gasteiger partial charge in [-0.2, -0.15) is 5.10 Å². The number of nitro benzene ring substituents is 1. The summed E-state index contributed by atoms with van der Waals surface area (Å²) >= 11 is 1.51. The maximum absolute atomic E-state index is 11.8. The largest absolute Gasteiger partial charge is 0.272 e. The van der Waals surface area contributed by atoms with E-state index < -0.39 is 4.92 Å². The number of nitrogens with one attached hydrogen (secondary N) is 1. The van der Waals surface area contributed by atoms with Gasteiger partial charge in [0.2, 0.25) is 5.91 Å². The number of thioether (sulfide) groups is 1. The lowest BCUT2D eigenvalue weighted by atomic mass is 10.1. The van der Waals surface area contributed by atoms with Crippen LogP contribution >= 0.6 is 11.8 Å². The van der Waals surface area contributed by atoms with Crippen molar-refractivity contribution >= 4 is 29.6 Å². The first-order valence-corrected chi connectivity index (χ1v) is 8.82. The molecule has 0 heterocycles. The minimum absolute atomic E-state index is 0.0315.